The van der Waals surface area contributed by atoms with Gasteiger partial charge in [-0.25, -0.2) is 0 Å². The average molecular weight is 212 g/mol. The van der Waals surface area contributed by atoms with E-state index in [2.05, 4.69) is 17.6 Å². The third-order valence-corrected chi connectivity index (χ3v) is 3.30. The number of nitrogens with one attached hydrogen (secondary N) is 2. The van der Waals surface area contributed by atoms with Crippen molar-refractivity contribution in [3.63, 3.8) is 0 Å². The molecule has 2 N–H and O–H groups in total. The van der Waals surface area contributed by atoms with Crippen molar-refractivity contribution in [2.45, 2.75) is 44.2 Å². The highest BCUT2D eigenvalue weighted by Crippen LogP contribution is 2.23. The van der Waals surface area contributed by atoms with E-state index in [1.165, 1.54) is 19.3 Å². The summed E-state index contributed by atoms with van der Waals surface area (Å²) in [6.45, 7) is 4.06. The first-order valence-corrected chi connectivity index (χ1v) is 5.82. The first-order chi connectivity index (χ1) is 7.18. The van der Waals surface area contributed by atoms with Gasteiger partial charge in [0.1, 0.15) is 6.61 Å². The molecule has 2 aliphatic rings. The normalized spacial score (nSPS) is 37.4. The van der Waals surface area contributed by atoms with Gasteiger partial charge in [-0.2, -0.15) is 0 Å². The number of hydrogen-bond donors (Lipinski definition) is 2. The first-order valence-electron chi connectivity index (χ1n) is 5.82. The molecule has 0 aromatic carbocycles. The Kier molecular flexibility index (Phi) is 3.26. The molecule has 2 aliphatic heterocycles. The van der Waals surface area contributed by atoms with Crippen LogP contribution in [0.2, 0.25) is 0 Å². The molecule has 1 amide bonds. The fourth-order valence-electron chi connectivity index (χ4n) is 2.38. The van der Waals surface area contributed by atoms with Gasteiger partial charge in [0.25, 0.3) is 0 Å². The van der Waals surface area contributed by atoms with Crippen LogP contribution in [0.4, 0.5) is 0 Å². The molecule has 0 aromatic heterocycles. The van der Waals surface area contributed by atoms with Gasteiger partial charge in [0, 0.05) is 12.6 Å². The van der Waals surface area contributed by atoms with Crippen LogP contribution in [0.25, 0.3) is 0 Å². The van der Waals surface area contributed by atoms with Crippen molar-refractivity contribution >= 4 is 5.91 Å². The van der Waals surface area contributed by atoms with E-state index in [0.717, 1.165) is 13.0 Å². The molecule has 2 rings (SSSR count). The molecule has 4 heteroatoms. The van der Waals surface area contributed by atoms with Crippen molar-refractivity contribution in [1.82, 2.24) is 10.6 Å². The maximum atomic E-state index is 11.0. The van der Waals surface area contributed by atoms with Crippen LogP contribution in [0, 0.1) is 0 Å². The van der Waals surface area contributed by atoms with Gasteiger partial charge in [0.2, 0.25) is 5.91 Å². The lowest BCUT2D eigenvalue weighted by molar-refractivity contribution is -0.143. The molecule has 2 unspecified atom stereocenters. The highest BCUT2D eigenvalue weighted by molar-refractivity contribution is 5.77. The molecular weight excluding hydrogens is 192 g/mol. The Morgan fingerprint density at radius 2 is 2.40 bits per heavy atom. The number of rotatable bonds is 2. The van der Waals surface area contributed by atoms with Crippen molar-refractivity contribution in [2.24, 2.45) is 0 Å². The zero-order valence-corrected chi connectivity index (χ0v) is 9.34. The summed E-state index contributed by atoms with van der Waals surface area (Å²) in [6, 6.07) is 0.554. The van der Waals surface area contributed by atoms with E-state index in [1.807, 2.05) is 0 Å². The molecular formula is C11H20N2O2. The van der Waals surface area contributed by atoms with E-state index in [4.69, 9.17) is 4.74 Å². The third-order valence-electron chi connectivity index (χ3n) is 3.30. The molecule has 0 aromatic rings. The van der Waals surface area contributed by atoms with Crippen LogP contribution in [0.5, 0.6) is 0 Å². The van der Waals surface area contributed by atoms with Gasteiger partial charge in [-0.1, -0.05) is 6.42 Å². The van der Waals surface area contributed by atoms with Gasteiger partial charge in [-0.15, -0.1) is 0 Å². The molecule has 4 nitrogen and oxygen atoms in total. The van der Waals surface area contributed by atoms with Crippen molar-refractivity contribution in [1.29, 1.82) is 0 Å². The summed E-state index contributed by atoms with van der Waals surface area (Å²) in [6.07, 6.45) is 4.81. The highest BCUT2D eigenvalue weighted by atomic mass is 16.5. The zero-order valence-electron chi connectivity index (χ0n) is 9.34. The van der Waals surface area contributed by atoms with Crippen LogP contribution in [0.3, 0.4) is 0 Å². The number of amides is 1. The van der Waals surface area contributed by atoms with E-state index in [-0.39, 0.29) is 18.1 Å². The smallest absolute Gasteiger partial charge is 0.246 e. The molecule has 0 aliphatic carbocycles. The van der Waals surface area contributed by atoms with Gasteiger partial charge in [-0.05, 0) is 32.7 Å². The van der Waals surface area contributed by atoms with Crippen LogP contribution in [0.1, 0.15) is 32.6 Å². The predicted molar refractivity (Wildman–Crippen MR) is 57.6 cm³/mol. The molecule has 0 spiro atoms. The number of hydrogen-bond acceptors (Lipinski definition) is 3. The summed E-state index contributed by atoms with van der Waals surface area (Å²) in [5.41, 5.74) is -0.178. The second-order valence-corrected chi connectivity index (χ2v) is 4.87. The maximum absolute atomic E-state index is 11.0. The van der Waals surface area contributed by atoms with Crippen LogP contribution in [-0.4, -0.2) is 37.2 Å². The van der Waals surface area contributed by atoms with Gasteiger partial charge in [0.05, 0.1) is 5.60 Å². The lowest BCUT2D eigenvalue weighted by atomic mass is 9.91. The van der Waals surface area contributed by atoms with Crippen molar-refractivity contribution < 1.29 is 9.53 Å². The number of piperidine rings is 1. The Morgan fingerprint density at radius 1 is 1.53 bits per heavy atom. The van der Waals surface area contributed by atoms with Gasteiger partial charge >= 0.3 is 0 Å². The predicted octanol–water partition coefficient (Wildman–Crippen LogP) is 0.424. The van der Waals surface area contributed by atoms with Gasteiger partial charge in [0.15, 0.2) is 0 Å². The quantitative estimate of drug-likeness (QED) is 0.697. The maximum Gasteiger partial charge on any atom is 0.246 e. The van der Waals surface area contributed by atoms with Crippen molar-refractivity contribution in [3.8, 4) is 0 Å². The Morgan fingerprint density at radius 3 is 3.00 bits per heavy atom. The van der Waals surface area contributed by atoms with Crippen LogP contribution < -0.4 is 10.6 Å². The van der Waals surface area contributed by atoms with E-state index in [9.17, 15) is 4.79 Å². The van der Waals surface area contributed by atoms with Crippen LogP contribution >= 0.6 is 0 Å². The fourth-order valence-corrected chi connectivity index (χ4v) is 2.38. The Hall–Kier alpha value is -0.610. The van der Waals surface area contributed by atoms with Crippen molar-refractivity contribution in [2.75, 3.05) is 19.7 Å². The van der Waals surface area contributed by atoms with E-state index in [1.54, 1.807) is 0 Å². The van der Waals surface area contributed by atoms with E-state index in [0.29, 0.717) is 12.6 Å². The van der Waals surface area contributed by atoms with Crippen LogP contribution in [-0.2, 0) is 9.53 Å². The molecule has 2 saturated heterocycles. The minimum absolute atomic E-state index is 0.00378. The second-order valence-electron chi connectivity index (χ2n) is 4.87. The molecule has 0 radical (unpaired) electrons. The summed E-state index contributed by atoms with van der Waals surface area (Å²) < 4.78 is 5.63. The Labute approximate surface area is 90.8 Å². The standard InChI is InChI=1S/C11H20N2O2/c1-11(8-13-10(14)7-15-11)6-9-4-2-3-5-12-9/h9,12H,2-8H2,1H3,(H,13,14). The lowest BCUT2D eigenvalue weighted by Gasteiger charge is -2.38. The summed E-state index contributed by atoms with van der Waals surface area (Å²) in [5, 5.41) is 6.38. The minimum Gasteiger partial charge on any atom is -0.364 e. The number of morpholine rings is 1. The average Bonchev–Trinajstić information content (AvgIpc) is 2.24. The topological polar surface area (TPSA) is 50.4 Å². The molecule has 0 saturated carbocycles. The monoisotopic (exact) mass is 212 g/mol. The molecule has 2 fully saturated rings. The number of carbonyl (C=O) groups excluding carboxylic acids is 1. The molecule has 2 atom stereocenters. The summed E-state index contributed by atoms with van der Waals surface area (Å²) in [7, 11) is 0. The largest absolute Gasteiger partial charge is 0.364 e. The molecule has 86 valence electrons. The van der Waals surface area contributed by atoms with Crippen molar-refractivity contribution in [3.05, 3.63) is 0 Å². The zero-order chi connectivity index (χ0) is 10.7. The minimum atomic E-state index is -0.178. The first kappa shape index (κ1) is 10.9. The molecule has 15 heavy (non-hydrogen) atoms. The SMILES string of the molecule is CC1(CC2CCCCN2)CNC(=O)CO1. The second kappa shape index (κ2) is 4.49. The van der Waals surface area contributed by atoms with Crippen LogP contribution in [0.15, 0.2) is 0 Å². The number of ether oxygens (including phenoxy) is 1. The molecule has 0 bridgehead atoms. The number of carbonyl (C=O) groups is 1. The summed E-state index contributed by atoms with van der Waals surface area (Å²) >= 11 is 0. The summed E-state index contributed by atoms with van der Waals surface area (Å²) in [5.74, 6) is 0.00378. The highest BCUT2D eigenvalue weighted by Gasteiger charge is 2.33. The summed E-state index contributed by atoms with van der Waals surface area (Å²) in [4.78, 5) is 11.0. The molecule has 2 heterocycles. The Balaban J connectivity index is 1.83. The Bertz CT molecular complexity index is 227. The third kappa shape index (κ3) is 2.92. The van der Waals surface area contributed by atoms with E-state index < -0.39 is 0 Å². The van der Waals surface area contributed by atoms with Gasteiger partial charge < -0.3 is 15.4 Å². The van der Waals surface area contributed by atoms with Gasteiger partial charge in [-0.3, -0.25) is 4.79 Å². The van der Waals surface area contributed by atoms with E-state index >= 15 is 0 Å². The fraction of sp³-hybridized carbons (Fsp3) is 0.909. The lowest BCUT2D eigenvalue weighted by Crippen LogP contribution is -2.53.